The molecule has 0 spiro atoms. The van der Waals surface area contributed by atoms with Crippen molar-refractivity contribution < 1.29 is 13.2 Å². The first-order chi connectivity index (χ1) is 22.7. The van der Waals surface area contributed by atoms with Crippen LogP contribution in [0.25, 0.3) is 39.3 Å². The third-order valence-electron chi connectivity index (χ3n) is 7.95. The molecule has 236 valence electrons. The number of imidazole rings is 2. The van der Waals surface area contributed by atoms with E-state index in [1.54, 1.807) is 12.3 Å². The third-order valence-corrected chi connectivity index (χ3v) is 7.95. The Labute approximate surface area is 269 Å². The molecule has 0 fully saturated rings. The standard InChI is InChI=1S/C36H31F3N8/c1-46(2)19-16-23-8-7-10-26(20-23)41-35-40-17-15-29(44-35)34-33(45-32-12-5-6-18-47(32)34)25-13-14-28-30(21-25)43-31(42-28)22-24-9-3-4-11-27(24)36(37,38)39/h3-15,17-18,20-21H,16,19,22H2,1-2H3,(H,42,43)(H,40,41,44). The average molecular weight is 633 g/mol. The first kappa shape index (κ1) is 30.1. The Morgan fingerprint density at radius 2 is 1.72 bits per heavy atom. The van der Waals surface area contributed by atoms with E-state index in [1.165, 1.54) is 17.7 Å². The zero-order chi connectivity index (χ0) is 32.5. The van der Waals surface area contributed by atoms with Crippen molar-refractivity contribution in [1.82, 2.24) is 34.2 Å². The molecule has 0 saturated carbocycles. The molecule has 0 atom stereocenters. The number of benzene rings is 3. The summed E-state index contributed by atoms with van der Waals surface area (Å²) in [4.78, 5) is 24.3. The fourth-order valence-corrected chi connectivity index (χ4v) is 5.70. The molecule has 4 aromatic heterocycles. The largest absolute Gasteiger partial charge is 0.416 e. The molecule has 0 aliphatic carbocycles. The number of rotatable bonds is 9. The SMILES string of the molecule is CN(C)CCc1cccc(Nc2nccc(-c3c(-c4ccc5[nH]c(Cc6ccccc6C(F)(F)F)nc5c4)nc4ccccn34)n2)c1. The van der Waals surface area contributed by atoms with E-state index in [0.29, 0.717) is 28.7 Å². The smallest absolute Gasteiger partial charge is 0.342 e. The minimum absolute atomic E-state index is 0.0224. The van der Waals surface area contributed by atoms with Crippen LogP contribution < -0.4 is 5.32 Å². The van der Waals surface area contributed by atoms with Crippen LogP contribution in [0.4, 0.5) is 24.8 Å². The summed E-state index contributed by atoms with van der Waals surface area (Å²) in [5, 5.41) is 3.35. The van der Waals surface area contributed by atoms with Crippen molar-refractivity contribution in [3.63, 3.8) is 0 Å². The second kappa shape index (κ2) is 12.3. The number of likely N-dealkylation sites (N-methyl/N-ethyl adjacent to an activating group) is 1. The van der Waals surface area contributed by atoms with Crippen molar-refractivity contribution in [3.05, 3.63) is 126 Å². The first-order valence-electron chi connectivity index (χ1n) is 15.2. The van der Waals surface area contributed by atoms with E-state index in [0.717, 1.165) is 47.1 Å². The highest BCUT2D eigenvalue weighted by Gasteiger charge is 2.33. The Hall–Kier alpha value is -5.55. The van der Waals surface area contributed by atoms with Gasteiger partial charge in [0.1, 0.15) is 11.5 Å². The first-order valence-corrected chi connectivity index (χ1v) is 15.2. The summed E-state index contributed by atoms with van der Waals surface area (Å²) >= 11 is 0. The molecule has 2 N–H and O–H groups in total. The van der Waals surface area contributed by atoms with Crippen molar-refractivity contribution in [1.29, 1.82) is 0 Å². The zero-order valence-corrected chi connectivity index (χ0v) is 25.8. The van der Waals surface area contributed by atoms with E-state index < -0.39 is 11.7 Å². The predicted octanol–water partition coefficient (Wildman–Crippen LogP) is 7.79. The maximum atomic E-state index is 13.6. The van der Waals surface area contributed by atoms with E-state index in [1.807, 2.05) is 65.2 Å². The Bertz CT molecular complexity index is 2200. The summed E-state index contributed by atoms with van der Waals surface area (Å²) in [6, 6.07) is 27.1. The predicted molar refractivity (Wildman–Crippen MR) is 178 cm³/mol. The lowest BCUT2D eigenvalue weighted by atomic mass is 10.0. The zero-order valence-electron chi connectivity index (χ0n) is 25.8. The molecule has 7 rings (SSSR count). The Morgan fingerprint density at radius 3 is 2.57 bits per heavy atom. The van der Waals surface area contributed by atoms with Gasteiger partial charge in [0, 0.05) is 36.6 Å². The number of hydrogen-bond donors (Lipinski definition) is 2. The molecule has 7 aromatic rings. The van der Waals surface area contributed by atoms with Crippen molar-refractivity contribution in [2.75, 3.05) is 26.0 Å². The number of aromatic amines is 1. The molecular weight excluding hydrogens is 601 g/mol. The Kier molecular flexibility index (Phi) is 7.90. The molecule has 0 amide bonds. The molecule has 3 aromatic carbocycles. The Balaban J connectivity index is 1.23. The van der Waals surface area contributed by atoms with Crippen LogP contribution in [0, 0.1) is 0 Å². The molecule has 0 saturated heterocycles. The molecular formula is C36H31F3N8. The van der Waals surface area contributed by atoms with Gasteiger partial charge in [-0.1, -0.05) is 42.5 Å². The summed E-state index contributed by atoms with van der Waals surface area (Å²) in [5.41, 5.74) is 6.65. The van der Waals surface area contributed by atoms with Crippen molar-refractivity contribution in [3.8, 4) is 22.6 Å². The number of nitrogens with zero attached hydrogens (tertiary/aromatic N) is 6. The van der Waals surface area contributed by atoms with E-state index in [4.69, 9.17) is 9.97 Å². The van der Waals surface area contributed by atoms with Gasteiger partial charge in [0.25, 0.3) is 0 Å². The van der Waals surface area contributed by atoms with Crippen LogP contribution in [0.1, 0.15) is 22.5 Å². The maximum Gasteiger partial charge on any atom is 0.416 e. The number of pyridine rings is 1. The number of alkyl halides is 3. The lowest BCUT2D eigenvalue weighted by molar-refractivity contribution is -0.138. The second-order valence-electron chi connectivity index (χ2n) is 11.6. The van der Waals surface area contributed by atoms with Crippen LogP contribution in [-0.2, 0) is 19.0 Å². The lowest BCUT2D eigenvalue weighted by Crippen LogP contribution is -2.15. The maximum absolute atomic E-state index is 13.6. The molecule has 0 aliphatic heterocycles. The van der Waals surface area contributed by atoms with Gasteiger partial charge in [-0.05, 0) is 80.2 Å². The van der Waals surface area contributed by atoms with Crippen LogP contribution in [-0.4, -0.2) is 54.9 Å². The summed E-state index contributed by atoms with van der Waals surface area (Å²) in [6.45, 7) is 0.948. The van der Waals surface area contributed by atoms with E-state index in [9.17, 15) is 13.2 Å². The van der Waals surface area contributed by atoms with Gasteiger partial charge >= 0.3 is 6.18 Å². The molecule has 0 radical (unpaired) electrons. The van der Waals surface area contributed by atoms with Crippen LogP contribution in [0.5, 0.6) is 0 Å². The highest BCUT2D eigenvalue weighted by Crippen LogP contribution is 2.35. The second-order valence-corrected chi connectivity index (χ2v) is 11.6. The highest BCUT2D eigenvalue weighted by atomic mass is 19.4. The van der Waals surface area contributed by atoms with Crippen LogP contribution in [0.2, 0.25) is 0 Å². The summed E-state index contributed by atoms with van der Waals surface area (Å²) in [7, 11) is 4.12. The molecule has 0 bridgehead atoms. The van der Waals surface area contributed by atoms with Gasteiger partial charge in [-0.15, -0.1) is 0 Å². The van der Waals surface area contributed by atoms with Gasteiger partial charge in [-0.3, -0.25) is 4.40 Å². The van der Waals surface area contributed by atoms with Gasteiger partial charge in [-0.2, -0.15) is 13.2 Å². The molecule has 11 heteroatoms. The normalized spacial score (nSPS) is 12.0. The number of fused-ring (bicyclic) bond motifs is 2. The van der Waals surface area contributed by atoms with Crippen LogP contribution in [0.3, 0.4) is 0 Å². The van der Waals surface area contributed by atoms with Crippen molar-refractivity contribution in [2.45, 2.75) is 19.0 Å². The number of H-pyrrole nitrogens is 1. The van der Waals surface area contributed by atoms with Crippen LogP contribution in [0.15, 0.2) is 103 Å². The van der Waals surface area contributed by atoms with Gasteiger partial charge in [-0.25, -0.2) is 19.9 Å². The fourth-order valence-electron chi connectivity index (χ4n) is 5.70. The highest BCUT2D eigenvalue weighted by molar-refractivity contribution is 5.87. The topological polar surface area (TPSA) is 87.0 Å². The number of nitrogens with one attached hydrogen (secondary N) is 2. The number of hydrogen-bond acceptors (Lipinski definition) is 6. The quantitative estimate of drug-likeness (QED) is 0.169. The third kappa shape index (κ3) is 6.43. The van der Waals surface area contributed by atoms with Crippen molar-refractivity contribution in [2.24, 2.45) is 0 Å². The minimum atomic E-state index is -4.44. The summed E-state index contributed by atoms with van der Waals surface area (Å²) in [6.07, 6.45) is 0.163. The average Bonchev–Trinajstić information content (AvgIpc) is 3.64. The Morgan fingerprint density at radius 1 is 0.872 bits per heavy atom. The number of aromatic nitrogens is 6. The van der Waals surface area contributed by atoms with Crippen molar-refractivity contribution >= 4 is 28.3 Å². The van der Waals surface area contributed by atoms with Gasteiger partial charge < -0.3 is 15.2 Å². The lowest BCUT2D eigenvalue weighted by Gasteiger charge is -2.11. The fraction of sp³-hybridized carbons (Fsp3) is 0.167. The molecule has 8 nitrogen and oxygen atoms in total. The van der Waals surface area contributed by atoms with Crippen LogP contribution >= 0.6 is 0 Å². The van der Waals surface area contributed by atoms with Gasteiger partial charge in [0.2, 0.25) is 5.95 Å². The molecule has 4 heterocycles. The number of anilines is 2. The van der Waals surface area contributed by atoms with Gasteiger partial charge in [0.15, 0.2) is 0 Å². The van der Waals surface area contributed by atoms with Gasteiger partial charge in [0.05, 0.1) is 33.7 Å². The van der Waals surface area contributed by atoms with E-state index in [-0.39, 0.29) is 12.0 Å². The summed E-state index contributed by atoms with van der Waals surface area (Å²) < 4.78 is 42.8. The number of halogens is 3. The molecule has 47 heavy (non-hydrogen) atoms. The van der Waals surface area contributed by atoms with E-state index >= 15 is 0 Å². The van der Waals surface area contributed by atoms with E-state index in [2.05, 4.69) is 51.4 Å². The minimum Gasteiger partial charge on any atom is -0.342 e. The summed E-state index contributed by atoms with van der Waals surface area (Å²) in [5.74, 6) is 0.900. The molecule has 0 aliphatic rings. The monoisotopic (exact) mass is 632 g/mol. The molecule has 0 unspecified atom stereocenters.